The Bertz CT molecular complexity index is 433. The molecule has 118 valence electrons. The highest BCUT2D eigenvalue weighted by Gasteiger charge is 2.46. The van der Waals surface area contributed by atoms with Crippen LogP contribution in [0.3, 0.4) is 0 Å². The smallest absolute Gasteiger partial charge is 0.107 e. The zero-order valence-corrected chi connectivity index (χ0v) is 14.3. The minimum Gasteiger partial charge on any atom is -0.308 e. The Morgan fingerprint density at radius 2 is 2.00 bits per heavy atom. The molecule has 2 heterocycles. The highest BCUT2D eigenvalue weighted by atomic mass is 32.1. The Hall–Kier alpha value is -0.450. The van der Waals surface area contributed by atoms with E-state index in [1.807, 2.05) is 6.20 Å². The number of hydrogen-bond acceptors (Lipinski definition) is 4. The third-order valence-corrected chi connectivity index (χ3v) is 6.67. The van der Waals surface area contributed by atoms with Crippen LogP contribution in [0.2, 0.25) is 0 Å². The summed E-state index contributed by atoms with van der Waals surface area (Å²) >= 11 is 1.81. The number of rotatable bonds is 4. The van der Waals surface area contributed by atoms with E-state index in [2.05, 4.69) is 34.4 Å². The van der Waals surface area contributed by atoms with Crippen molar-refractivity contribution < 1.29 is 0 Å². The van der Waals surface area contributed by atoms with Gasteiger partial charge < -0.3 is 5.32 Å². The molecule has 2 fully saturated rings. The molecule has 1 aromatic heterocycles. The maximum Gasteiger partial charge on any atom is 0.107 e. The molecule has 0 bridgehead atoms. The number of aromatic nitrogens is 1. The molecule has 0 unspecified atom stereocenters. The number of piperazine rings is 1. The van der Waals surface area contributed by atoms with Crippen LogP contribution in [0.15, 0.2) is 11.6 Å². The first-order valence-electron chi connectivity index (χ1n) is 8.60. The lowest BCUT2D eigenvalue weighted by Gasteiger charge is -2.56. The van der Waals surface area contributed by atoms with Gasteiger partial charge in [-0.2, -0.15) is 0 Å². The Balaban J connectivity index is 1.82. The van der Waals surface area contributed by atoms with Crippen molar-refractivity contribution in [3.8, 4) is 0 Å². The van der Waals surface area contributed by atoms with Crippen molar-refractivity contribution in [2.24, 2.45) is 0 Å². The van der Waals surface area contributed by atoms with Gasteiger partial charge in [0, 0.05) is 35.7 Å². The molecule has 1 saturated heterocycles. The summed E-state index contributed by atoms with van der Waals surface area (Å²) in [5.41, 5.74) is 0.692. The average molecular weight is 308 g/mol. The van der Waals surface area contributed by atoms with Gasteiger partial charge in [0.2, 0.25) is 0 Å². The Morgan fingerprint density at radius 1 is 1.24 bits per heavy atom. The van der Waals surface area contributed by atoms with Gasteiger partial charge in [0.15, 0.2) is 0 Å². The van der Waals surface area contributed by atoms with Crippen molar-refractivity contribution in [2.45, 2.75) is 76.4 Å². The molecule has 1 N–H and O–H groups in total. The summed E-state index contributed by atoms with van der Waals surface area (Å²) < 4.78 is 0. The molecule has 0 amide bonds. The van der Waals surface area contributed by atoms with Crippen LogP contribution in [-0.2, 0) is 6.54 Å². The maximum absolute atomic E-state index is 4.54. The number of nitrogens with one attached hydrogen (secondary N) is 1. The van der Waals surface area contributed by atoms with Crippen molar-refractivity contribution in [3.63, 3.8) is 0 Å². The fraction of sp³-hybridized carbons (Fsp3) is 0.824. The van der Waals surface area contributed by atoms with Gasteiger partial charge in [0.1, 0.15) is 5.01 Å². The predicted molar refractivity (Wildman–Crippen MR) is 89.7 cm³/mol. The highest BCUT2D eigenvalue weighted by Crippen LogP contribution is 2.39. The minimum atomic E-state index is 0.306. The van der Waals surface area contributed by atoms with E-state index < -0.39 is 0 Å². The standard InChI is InChI=1S/C17H29N3S/c1-3-16(4-2)14-20(12-15-18-10-11-21-15)17(13-19-16)8-6-5-7-9-17/h10-11,19H,3-9,12-14H2,1-2H3. The van der Waals surface area contributed by atoms with Crippen molar-refractivity contribution in [2.75, 3.05) is 13.1 Å². The Labute approximate surface area is 133 Å². The van der Waals surface area contributed by atoms with Crippen LogP contribution in [0.25, 0.3) is 0 Å². The SMILES string of the molecule is CCC1(CC)CN(Cc2nccs2)C2(CCCCC2)CN1. The van der Waals surface area contributed by atoms with Gasteiger partial charge in [-0.15, -0.1) is 11.3 Å². The monoisotopic (exact) mass is 307 g/mol. The number of thiazole rings is 1. The van der Waals surface area contributed by atoms with E-state index in [0.717, 1.165) is 6.54 Å². The van der Waals surface area contributed by atoms with E-state index in [1.165, 1.54) is 63.0 Å². The van der Waals surface area contributed by atoms with Crippen molar-refractivity contribution >= 4 is 11.3 Å². The largest absolute Gasteiger partial charge is 0.308 e. The third kappa shape index (κ3) is 3.03. The first-order chi connectivity index (χ1) is 10.2. The molecule has 1 saturated carbocycles. The zero-order chi connectivity index (χ0) is 14.8. The second-order valence-corrected chi connectivity index (χ2v) is 7.89. The summed E-state index contributed by atoms with van der Waals surface area (Å²) in [6.45, 7) is 8.05. The van der Waals surface area contributed by atoms with E-state index in [9.17, 15) is 0 Å². The van der Waals surface area contributed by atoms with E-state index in [0.29, 0.717) is 11.1 Å². The number of nitrogens with zero attached hydrogens (tertiary/aromatic N) is 2. The third-order valence-electron chi connectivity index (χ3n) is 5.90. The summed E-state index contributed by atoms with van der Waals surface area (Å²) in [6.07, 6.45) is 11.3. The summed E-state index contributed by atoms with van der Waals surface area (Å²) in [7, 11) is 0. The first-order valence-corrected chi connectivity index (χ1v) is 9.48. The maximum atomic E-state index is 4.54. The number of hydrogen-bond donors (Lipinski definition) is 1. The fourth-order valence-electron chi connectivity index (χ4n) is 4.20. The molecule has 0 radical (unpaired) electrons. The van der Waals surface area contributed by atoms with Crippen molar-refractivity contribution in [3.05, 3.63) is 16.6 Å². The Morgan fingerprint density at radius 3 is 2.62 bits per heavy atom. The lowest BCUT2D eigenvalue weighted by molar-refractivity contribution is -0.0277. The van der Waals surface area contributed by atoms with Crippen molar-refractivity contribution in [1.82, 2.24) is 15.2 Å². The van der Waals surface area contributed by atoms with Gasteiger partial charge in [-0.25, -0.2) is 4.98 Å². The molecule has 1 aromatic rings. The van der Waals surface area contributed by atoms with Crippen LogP contribution in [0.1, 0.15) is 63.8 Å². The second-order valence-electron chi connectivity index (χ2n) is 6.91. The van der Waals surface area contributed by atoms with E-state index in [-0.39, 0.29) is 0 Å². The van der Waals surface area contributed by atoms with Crippen LogP contribution < -0.4 is 5.32 Å². The van der Waals surface area contributed by atoms with Gasteiger partial charge in [-0.1, -0.05) is 33.1 Å². The van der Waals surface area contributed by atoms with Gasteiger partial charge in [0.25, 0.3) is 0 Å². The molecule has 1 spiro atoms. The van der Waals surface area contributed by atoms with Crippen molar-refractivity contribution in [1.29, 1.82) is 0 Å². The van der Waals surface area contributed by atoms with Gasteiger partial charge >= 0.3 is 0 Å². The van der Waals surface area contributed by atoms with E-state index in [4.69, 9.17) is 0 Å². The van der Waals surface area contributed by atoms with Crippen LogP contribution in [0.4, 0.5) is 0 Å². The first kappa shape index (κ1) is 15.4. The average Bonchev–Trinajstić information content (AvgIpc) is 3.04. The molecule has 1 aliphatic heterocycles. The van der Waals surface area contributed by atoms with Crippen LogP contribution in [0, 0.1) is 0 Å². The van der Waals surface area contributed by atoms with E-state index in [1.54, 1.807) is 11.3 Å². The molecule has 2 aliphatic rings. The van der Waals surface area contributed by atoms with Crippen LogP contribution >= 0.6 is 11.3 Å². The summed E-state index contributed by atoms with van der Waals surface area (Å²) in [6, 6.07) is 0. The predicted octanol–water partition coefficient (Wildman–Crippen LogP) is 3.81. The lowest BCUT2D eigenvalue weighted by atomic mass is 9.75. The molecule has 3 rings (SSSR count). The van der Waals surface area contributed by atoms with Gasteiger partial charge in [-0.3, -0.25) is 4.90 Å². The molecule has 1 aliphatic carbocycles. The molecule has 4 heteroatoms. The molecule has 21 heavy (non-hydrogen) atoms. The normalized spacial score (nSPS) is 25.2. The topological polar surface area (TPSA) is 28.2 Å². The second kappa shape index (κ2) is 6.35. The minimum absolute atomic E-state index is 0.306. The van der Waals surface area contributed by atoms with E-state index >= 15 is 0 Å². The fourth-order valence-corrected chi connectivity index (χ4v) is 4.83. The highest BCUT2D eigenvalue weighted by molar-refractivity contribution is 7.09. The van der Waals surface area contributed by atoms with Crippen LogP contribution in [0.5, 0.6) is 0 Å². The summed E-state index contributed by atoms with van der Waals surface area (Å²) in [5, 5.41) is 7.33. The molecular weight excluding hydrogens is 278 g/mol. The van der Waals surface area contributed by atoms with Gasteiger partial charge in [-0.05, 0) is 25.7 Å². The van der Waals surface area contributed by atoms with Gasteiger partial charge in [0.05, 0.1) is 6.54 Å². The molecule has 0 atom stereocenters. The zero-order valence-electron chi connectivity index (χ0n) is 13.5. The summed E-state index contributed by atoms with van der Waals surface area (Å²) in [4.78, 5) is 7.33. The quantitative estimate of drug-likeness (QED) is 0.917. The summed E-state index contributed by atoms with van der Waals surface area (Å²) in [5.74, 6) is 0. The molecule has 3 nitrogen and oxygen atoms in total. The molecular formula is C17H29N3S. The lowest BCUT2D eigenvalue weighted by Crippen LogP contribution is -2.69. The van der Waals surface area contributed by atoms with Crippen LogP contribution in [-0.4, -0.2) is 34.1 Å². The Kier molecular flexibility index (Phi) is 4.67. The molecule has 0 aromatic carbocycles.